The molecule has 1 aliphatic rings. The van der Waals surface area contributed by atoms with E-state index in [-0.39, 0.29) is 18.4 Å². The molecule has 150 valence electrons. The number of aromatic nitrogens is 2. The van der Waals surface area contributed by atoms with Crippen molar-refractivity contribution in [2.45, 2.75) is 26.7 Å². The number of rotatable bonds is 9. The van der Waals surface area contributed by atoms with Crippen LogP contribution >= 0.6 is 0 Å². The Morgan fingerprint density at radius 3 is 2.61 bits per heavy atom. The van der Waals surface area contributed by atoms with E-state index in [1.165, 1.54) is 0 Å². The third-order valence-electron chi connectivity index (χ3n) is 4.90. The molecular weight excluding hydrogens is 356 g/mol. The molecule has 0 radical (unpaired) electrons. The Morgan fingerprint density at radius 1 is 1.25 bits per heavy atom. The maximum atomic E-state index is 12.2. The van der Waals surface area contributed by atoms with E-state index in [2.05, 4.69) is 15.3 Å². The summed E-state index contributed by atoms with van der Waals surface area (Å²) in [4.78, 5) is 22.8. The lowest BCUT2D eigenvalue weighted by Gasteiger charge is -2.19. The van der Waals surface area contributed by atoms with Crippen LogP contribution in [0.3, 0.4) is 0 Å². The molecule has 1 saturated carbocycles. The summed E-state index contributed by atoms with van der Waals surface area (Å²) >= 11 is 0. The fourth-order valence-corrected chi connectivity index (χ4v) is 3.10. The number of amides is 1. The van der Waals surface area contributed by atoms with Gasteiger partial charge in [0.05, 0.1) is 6.61 Å². The molecule has 1 heterocycles. The summed E-state index contributed by atoms with van der Waals surface area (Å²) in [6.45, 7) is 5.80. The van der Waals surface area contributed by atoms with Gasteiger partial charge in [-0.15, -0.1) is 0 Å². The molecule has 0 spiro atoms. The molecule has 1 aliphatic carbocycles. The number of aliphatic hydroxyl groups is 1. The lowest BCUT2D eigenvalue weighted by Crippen LogP contribution is -2.27. The Labute approximate surface area is 165 Å². The van der Waals surface area contributed by atoms with E-state index in [0.29, 0.717) is 19.7 Å². The van der Waals surface area contributed by atoms with Gasteiger partial charge >= 0.3 is 0 Å². The summed E-state index contributed by atoms with van der Waals surface area (Å²) in [5, 5.41) is 12.0. The molecule has 0 saturated heterocycles. The Bertz CT molecular complexity index is 816. The second kappa shape index (κ2) is 9.12. The van der Waals surface area contributed by atoms with Crippen molar-refractivity contribution in [3.63, 3.8) is 0 Å². The van der Waals surface area contributed by atoms with Crippen LogP contribution in [0.4, 0.5) is 5.69 Å². The predicted molar refractivity (Wildman–Crippen MR) is 108 cm³/mol. The van der Waals surface area contributed by atoms with Crippen molar-refractivity contribution in [3.05, 3.63) is 35.9 Å². The first-order chi connectivity index (χ1) is 13.5. The highest BCUT2D eigenvalue weighted by molar-refractivity contribution is 5.95. The number of carbonyl (C=O) groups is 1. The molecule has 7 nitrogen and oxygen atoms in total. The topological polar surface area (TPSA) is 87.6 Å². The fourth-order valence-electron chi connectivity index (χ4n) is 3.10. The van der Waals surface area contributed by atoms with Crippen LogP contribution in [-0.4, -0.2) is 59.2 Å². The van der Waals surface area contributed by atoms with E-state index >= 15 is 0 Å². The minimum Gasteiger partial charge on any atom is -0.492 e. The van der Waals surface area contributed by atoms with Gasteiger partial charge in [-0.25, -0.2) is 9.97 Å². The number of aliphatic hydroxyl groups excluding tert-OH is 1. The molecule has 1 aromatic heterocycles. The molecule has 1 aromatic carbocycles. The smallest absolute Gasteiger partial charge is 0.227 e. The minimum absolute atomic E-state index is 0.0722. The first-order valence-corrected chi connectivity index (χ1v) is 9.65. The van der Waals surface area contributed by atoms with Crippen LogP contribution in [0.1, 0.15) is 24.2 Å². The van der Waals surface area contributed by atoms with E-state index in [1.807, 2.05) is 44.0 Å². The monoisotopic (exact) mass is 384 g/mol. The van der Waals surface area contributed by atoms with E-state index < -0.39 is 0 Å². The molecular formula is C21H28N4O3. The Balaban J connectivity index is 1.86. The highest BCUT2D eigenvalue weighted by atomic mass is 16.5. The van der Waals surface area contributed by atoms with Crippen molar-refractivity contribution < 1.29 is 14.6 Å². The molecule has 2 aromatic rings. The minimum atomic E-state index is 0.0722. The number of nitrogens with zero attached hydrogens (tertiary/aromatic N) is 3. The van der Waals surface area contributed by atoms with Gasteiger partial charge in [0.2, 0.25) is 5.91 Å². The number of likely N-dealkylation sites (N-methyl/N-ethyl adjacent to an activating group) is 1. The quantitative estimate of drug-likeness (QED) is 0.690. The van der Waals surface area contributed by atoms with Gasteiger partial charge in [-0.3, -0.25) is 4.79 Å². The predicted octanol–water partition coefficient (Wildman–Crippen LogP) is 2.41. The molecule has 1 fully saturated rings. The van der Waals surface area contributed by atoms with Gasteiger partial charge in [0.25, 0.3) is 0 Å². The zero-order valence-corrected chi connectivity index (χ0v) is 16.7. The molecule has 0 bridgehead atoms. The van der Waals surface area contributed by atoms with Gasteiger partial charge in [0, 0.05) is 47.2 Å². The summed E-state index contributed by atoms with van der Waals surface area (Å²) in [6.07, 6.45) is 3.48. The van der Waals surface area contributed by atoms with Crippen molar-refractivity contribution in [2.75, 3.05) is 38.7 Å². The van der Waals surface area contributed by atoms with Crippen LogP contribution in [0, 0.1) is 19.8 Å². The average Bonchev–Trinajstić information content (AvgIpc) is 3.49. The molecule has 1 amide bonds. The summed E-state index contributed by atoms with van der Waals surface area (Å²) in [5.41, 5.74) is 4.26. The second-order valence-corrected chi connectivity index (χ2v) is 7.27. The van der Waals surface area contributed by atoms with Crippen LogP contribution in [0.5, 0.6) is 5.75 Å². The highest BCUT2D eigenvalue weighted by Crippen LogP contribution is 2.36. The lowest BCUT2D eigenvalue weighted by molar-refractivity contribution is -0.117. The molecule has 2 N–H and O–H groups in total. The normalized spacial score (nSPS) is 13.6. The standard InChI is InChI=1S/C21H28N4O3/c1-14-20(15(2)23-13-22-14)18-12-17(24-21(27)16-4-5-16)6-7-19(18)28-11-9-25(3)8-10-26/h6-7,12-13,16,26H,4-5,8-11H2,1-3H3,(H,24,27). The Kier molecular flexibility index (Phi) is 6.59. The van der Waals surface area contributed by atoms with E-state index in [0.717, 1.165) is 46.8 Å². The van der Waals surface area contributed by atoms with Crippen LogP contribution in [0.25, 0.3) is 11.1 Å². The highest BCUT2D eigenvalue weighted by Gasteiger charge is 2.29. The van der Waals surface area contributed by atoms with Gasteiger partial charge in [-0.2, -0.15) is 0 Å². The SMILES string of the molecule is Cc1ncnc(C)c1-c1cc(NC(=O)C2CC2)ccc1OCCN(C)CCO. The van der Waals surface area contributed by atoms with Gasteiger partial charge in [0.1, 0.15) is 18.7 Å². The van der Waals surface area contributed by atoms with E-state index in [9.17, 15) is 4.79 Å². The number of hydrogen-bond acceptors (Lipinski definition) is 6. The van der Waals surface area contributed by atoms with Crippen LogP contribution in [0.2, 0.25) is 0 Å². The van der Waals surface area contributed by atoms with Gasteiger partial charge in [0.15, 0.2) is 0 Å². The number of hydrogen-bond donors (Lipinski definition) is 2. The molecule has 0 aliphatic heterocycles. The zero-order chi connectivity index (χ0) is 20.1. The van der Waals surface area contributed by atoms with Crippen LogP contribution in [0.15, 0.2) is 24.5 Å². The molecule has 0 atom stereocenters. The van der Waals surface area contributed by atoms with Crippen molar-refractivity contribution in [3.8, 4) is 16.9 Å². The molecule has 3 rings (SSSR count). The largest absolute Gasteiger partial charge is 0.492 e. The summed E-state index contributed by atoms with van der Waals surface area (Å²) in [6, 6.07) is 5.69. The first kappa shape index (κ1) is 20.2. The number of anilines is 1. The van der Waals surface area contributed by atoms with Crippen molar-refractivity contribution in [1.82, 2.24) is 14.9 Å². The summed E-state index contributed by atoms with van der Waals surface area (Å²) < 4.78 is 6.05. The number of benzene rings is 1. The lowest BCUT2D eigenvalue weighted by atomic mass is 10.0. The maximum absolute atomic E-state index is 12.2. The summed E-state index contributed by atoms with van der Waals surface area (Å²) in [7, 11) is 1.94. The Hall–Kier alpha value is -2.51. The van der Waals surface area contributed by atoms with Crippen molar-refractivity contribution in [2.24, 2.45) is 5.92 Å². The van der Waals surface area contributed by atoms with Gasteiger partial charge in [-0.05, 0) is 51.9 Å². The third-order valence-corrected chi connectivity index (χ3v) is 4.90. The summed E-state index contributed by atoms with van der Waals surface area (Å²) in [5.74, 6) is 0.941. The fraction of sp³-hybridized carbons (Fsp3) is 0.476. The van der Waals surface area contributed by atoms with E-state index in [1.54, 1.807) is 6.33 Å². The number of carbonyl (C=O) groups excluding carboxylic acids is 1. The van der Waals surface area contributed by atoms with Gasteiger partial charge < -0.3 is 20.1 Å². The molecule has 28 heavy (non-hydrogen) atoms. The average molecular weight is 384 g/mol. The number of nitrogens with one attached hydrogen (secondary N) is 1. The van der Waals surface area contributed by atoms with E-state index in [4.69, 9.17) is 9.84 Å². The number of ether oxygens (including phenoxy) is 1. The number of aryl methyl sites for hydroxylation is 2. The van der Waals surface area contributed by atoms with Gasteiger partial charge in [-0.1, -0.05) is 0 Å². The Morgan fingerprint density at radius 2 is 1.96 bits per heavy atom. The molecule has 0 unspecified atom stereocenters. The van der Waals surface area contributed by atoms with Crippen LogP contribution in [-0.2, 0) is 4.79 Å². The first-order valence-electron chi connectivity index (χ1n) is 9.65. The molecule has 7 heteroatoms. The third kappa shape index (κ3) is 5.05. The van der Waals surface area contributed by atoms with Crippen LogP contribution < -0.4 is 10.1 Å². The van der Waals surface area contributed by atoms with Crippen molar-refractivity contribution in [1.29, 1.82) is 0 Å². The second-order valence-electron chi connectivity index (χ2n) is 7.27. The zero-order valence-electron chi connectivity index (χ0n) is 16.7. The van der Waals surface area contributed by atoms with Crippen molar-refractivity contribution >= 4 is 11.6 Å². The maximum Gasteiger partial charge on any atom is 0.227 e.